The number of rotatable bonds is 4. The Labute approximate surface area is 118 Å². The Balaban J connectivity index is 2.44. The van der Waals surface area contributed by atoms with E-state index in [9.17, 15) is 5.11 Å². The monoisotopic (exact) mass is 290 g/mol. The second-order valence-corrected chi connectivity index (χ2v) is 12.1. The van der Waals surface area contributed by atoms with Crippen molar-refractivity contribution >= 4 is 8.32 Å². The Morgan fingerprint density at radius 3 is 2.42 bits per heavy atom. The van der Waals surface area contributed by atoms with E-state index in [2.05, 4.69) is 33.9 Å². The first-order chi connectivity index (χ1) is 8.45. The van der Waals surface area contributed by atoms with Crippen LogP contribution in [0.3, 0.4) is 0 Å². The molecule has 0 saturated carbocycles. The van der Waals surface area contributed by atoms with E-state index in [-0.39, 0.29) is 11.1 Å². The van der Waals surface area contributed by atoms with Crippen molar-refractivity contribution in [1.29, 1.82) is 0 Å². The molecule has 1 aliphatic rings. The van der Waals surface area contributed by atoms with Gasteiger partial charge in [0.2, 0.25) is 0 Å². The second kappa shape index (κ2) is 5.82. The summed E-state index contributed by atoms with van der Waals surface area (Å²) in [5.74, 6) is -0.610. The smallest absolute Gasteiger partial charge is 0.191 e. The van der Waals surface area contributed by atoms with Crippen molar-refractivity contribution in [3.05, 3.63) is 0 Å². The van der Waals surface area contributed by atoms with E-state index >= 15 is 0 Å². The molecule has 1 N–H and O–H groups in total. The third-order valence-electron chi connectivity index (χ3n) is 4.14. The Morgan fingerprint density at radius 1 is 1.32 bits per heavy atom. The van der Waals surface area contributed by atoms with Crippen molar-refractivity contribution in [2.45, 2.75) is 77.2 Å². The summed E-state index contributed by atoms with van der Waals surface area (Å²) in [5, 5.41) is 10.1. The van der Waals surface area contributed by atoms with Crippen LogP contribution in [0.1, 0.15) is 41.0 Å². The van der Waals surface area contributed by atoms with Gasteiger partial charge in [0.15, 0.2) is 14.1 Å². The van der Waals surface area contributed by atoms with Crippen LogP contribution in [0.25, 0.3) is 0 Å². The maximum Gasteiger partial charge on any atom is 0.191 e. The van der Waals surface area contributed by atoms with Gasteiger partial charge in [-0.3, -0.25) is 0 Å². The van der Waals surface area contributed by atoms with Crippen molar-refractivity contribution in [3.8, 4) is 0 Å². The first kappa shape index (κ1) is 17.1. The van der Waals surface area contributed by atoms with Gasteiger partial charge in [0.1, 0.15) is 6.10 Å². The lowest BCUT2D eigenvalue weighted by molar-refractivity contribution is -0.305. The van der Waals surface area contributed by atoms with E-state index in [0.29, 0.717) is 19.6 Å². The van der Waals surface area contributed by atoms with Crippen LogP contribution in [0.15, 0.2) is 0 Å². The molecule has 4 nitrogen and oxygen atoms in total. The van der Waals surface area contributed by atoms with Crippen molar-refractivity contribution in [3.63, 3.8) is 0 Å². The van der Waals surface area contributed by atoms with Gasteiger partial charge in [0.25, 0.3) is 0 Å². The van der Waals surface area contributed by atoms with Gasteiger partial charge >= 0.3 is 0 Å². The van der Waals surface area contributed by atoms with Crippen LogP contribution < -0.4 is 0 Å². The SMILES string of the molecule is CC1(C)OC[C@H](O)[C@H](CCO[Si](C)(C)C(C)(C)C)O1. The average Bonchev–Trinajstić information content (AvgIpc) is 2.21. The molecule has 1 aliphatic heterocycles. The largest absolute Gasteiger partial charge is 0.417 e. The summed E-state index contributed by atoms with van der Waals surface area (Å²) in [7, 11) is -1.72. The molecule has 2 atom stereocenters. The van der Waals surface area contributed by atoms with E-state index < -0.39 is 20.2 Å². The van der Waals surface area contributed by atoms with Crippen molar-refractivity contribution in [2.24, 2.45) is 0 Å². The van der Waals surface area contributed by atoms with Crippen molar-refractivity contribution < 1.29 is 19.0 Å². The Bertz CT molecular complexity index is 296. The van der Waals surface area contributed by atoms with E-state index in [1.807, 2.05) is 13.8 Å². The molecule has 1 saturated heterocycles. The number of hydrogen-bond acceptors (Lipinski definition) is 4. The molecule has 0 unspecified atom stereocenters. The molecule has 114 valence electrons. The molecule has 19 heavy (non-hydrogen) atoms. The van der Waals surface area contributed by atoms with Gasteiger partial charge in [0.05, 0.1) is 12.7 Å². The van der Waals surface area contributed by atoms with E-state index in [1.165, 1.54) is 0 Å². The molecule has 1 rings (SSSR count). The van der Waals surface area contributed by atoms with Crippen LogP contribution in [0.2, 0.25) is 18.1 Å². The predicted octanol–water partition coefficient (Wildman–Crippen LogP) is 2.91. The molecule has 0 aromatic rings. The molecule has 0 amide bonds. The summed E-state index contributed by atoms with van der Waals surface area (Å²) in [6.45, 7) is 15.9. The van der Waals surface area contributed by atoms with E-state index in [4.69, 9.17) is 13.9 Å². The number of ether oxygens (including phenoxy) is 2. The summed E-state index contributed by atoms with van der Waals surface area (Å²) in [6, 6.07) is 0. The number of hydrogen-bond donors (Lipinski definition) is 1. The van der Waals surface area contributed by atoms with Gasteiger partial charge in [-0.1, -0.05) is 20.8 Å². The predicted molar refractivity (Wildman–Crippen MR) is 78.7 cm³/mol. The average molecular weight is 290 g/mol. The summed E-state index contributed by atoms with van der Waals surface area (Å²) in [6.07, 6.45) is -0.0509. The molecular weight excluding hydrogens is 260 g/mol. The topological polar surface area (TPSA) is 47.9 Å². The highest BCUT2D eigenvalue weighted by molar-refractivity contribution is 6.74. The van der Waals surface area contributed by atoms with Crippen LogP contribution >= 0.6 is 0 Å². The third kappa shape index (κ3) is 4.83. The molecule has 0 aliphatic carbocycles. The van der Waals surface area contributed by atoms with Gasteiger partial charge in [-0.05, 0) is 38.4 Å². The summed E-state index contributed by atoms with van der Waals surface area (Å²) >= 11 is 0. The quantitative estimate of drug-likeness (QED) is 0.809. The maximum atomic E-state index is 9.90. The minimum atomic E-state index is -1.72. The lowest BCUT2D eigenvalue weighted by atomic mass is 10.1. The van der Waals surface area contributed by atoms with E-state index in [1.54, 1.807) is 0 Å². The standard InChI is InChI=1S/C14H30O4Si/c1-13(2,3)19(6,7)17-9-8-12-11(15)10-16-14(4,5)18-12/h11-12,15H,8-10H2,1-7H3/t11-,12-/m0/s1. The van der Waals surface area contributed by atoms with Gasteiger partial charge in [-0.2, -0.15) is 0 Å². The highest BCUT2D eigenvalue weighted by Gasteiger charge is 2.39. The normalized spacial score (nSPS) is 28.4. The molecule has 5 heteroatoms. The Kier molecular flexibility index (Phi) is 5.24. The number of aliphatic hydroxyl groups excluding tert-OH is 1. The fraction of sp³-hybridized carbons (Fsp3) is 1.00. The van der Waals surface area contributed by atoms with Crippen LogP contribution in [0.4, 0.5) is 0 Å². The highest BCUT2D eigenvalue weighted by Crippen LogP contribution is 2.36. The van der Waals surface area contributed by atoms with Gasteiger partial charge < -0.3 is 19.0 Å². The summed E-state index contributed by atoms with van der Waals surface area (Å²) in [4.78, 5) is 0. The zero-order valence-corrected chi connectivity index (χ0v) is 14.4. The summed E-state index contributed by atoms with van der Waals surface area (Å²) < 4.78 is 17.3. The third-order valence-corrected chi connectivity index (χ3v) is 8.68. The molecule has 0 aromatic carbocycles. The Hall–Kier alpha value is 0.0569. The molecule has 0 aromatic heterocycles. The first-order valence-electron chi connectivity index (χ1n) is 7.08. The van der Waals surface area contributed by atoms with Crippen LogP contribution in [-0.2, 0) is 13.9 Å². The first-order valence-corrected chi connectivity index (χ1v) is 9.99. The maximum absolute atomic E-state index is 9.90. The fourth-order valence-electron chi connectivity index (χ4n) is 1.77. The molecular formula is C14H30O4Si. The Morgan fingerprint density at radius 2 is 1.89 bits per heavy atom. The molecule has 0 spiro atoms. The van der Waals surface area contributed by atoms with Crippen molar-refractivity contribution in [2.75, 3.05) is 13.2 Å². The minimum absolute atomic E-state index is 0.200. The molecule has 0 radical (unpaired) electrons. The van der Waals surface area contributed by atoms with Gasteiger partial charge in [-0.15, -0.1) is 0 Å². The lowest BCUT2D eigenvalue weighted by Crippen LogP contribution is -2.49. The molecule has 1 heterocycles. The second-order valence-electron chi connectivity index (χ2n) is 7.33. The highest BCUT2D eigenvalue weighted by atomic mass is 28.4. The molecule has 0 bridgehead atoms. The minimum Gasteiger partial charge on any atom is -0.417 e. The van der Waals surface area contributed by atoms with Gasteiger partial charge in [0, 0.05) is 6.61 Å². The number of aliphatic hydroxyl groups is 1. The fourth-order valence-corrected chi connectivity index (χ4v) is 2.83. The zero-order chi connectivity index (χ0) is 14.9. The van der Waals surface area contributed by atoms with Crippen LogP contribution in [-0.4, -0.2) is 44.6 Å². The molecule has 1 fully saturated rings. The van der Waals surface area contributed by atoms with E-state index in [0.717, 1.165) is 0 Å². The van der Waals surface area contributed by atoms with Crippen molar-refractivity contribution in [1.82, 2.24) is 0 Å². The summed E-state index contributed by atoms with van der Waals surface area (Å²) in [5.41, 5.74) is 0. The lowest BCUT2D eigenvalue weighted by Gasteiger charge is -2.40. The van der Waals surface area contributed by atoms with Crippen LogP contribution in [0.5, 0.6) is 0 Å². The van der Waals surface area contributed by atoms with Gasteiger partial charge in [-0.25, -0.2) is 0 Å². The zero-order valence-electron chi connectivity index (χ0n) is 13.4. The van der Waals surface area contributed by atoms with Crippen LogP contribution in [0, 0.1) is 0 Å².